The van der Waals surface area contributed by atoms with Gasteiger partial charge >= 0.3 is 0 Å². The third-order valence-electron chi connectivity index (χ3n) is 6.14. The maximum Gasteiger partial charge on any atom is 0.119 e. The van der Waals surface area contributed by atoms with E-state index in [-0.39, 0.29) is 0 Å². The summed E-state index contributed by atoms with van der Waals surface area (Å²) in [4.78, 5) is 0. The minimum absolute atomic E-state index is 0.461. The van der Waals surface area contributed by atoms with Gasteiger partial charge in [-0.25, -0.2) is 0 Å². The van der Waals surface area contributed by atoms with Crippen LogP contribution in [0.2, 0.25) is 5.02 Å². The van der Waals surface area contributed by atoms with Gasteiger partial charge in [0.15, 0.2) is 0 Å². The molecule has 0 N–H and O–H groups in total. The quantitative estimate of drug-likeness (QED) is 0.313. The second kappa shape index (κ2) is 11.4. The zero-order valence-electron chi connectivity index (χ0n) is 18.7. The topological polar surface area (TPSA) is 27.7 Å². The van der Waals surface area contributed by atoms with Crippen LogP contribution in [0, 0.1) is 0 Å². The minimum atomic E-state index is 0.461. The average molecular weight is 451 g/mol. The highest BCUT2D eigenvalue weighted by Crippen LogP contribution is 2.34. The lowest BCUT2D eigenvalue weighted by Crippen LogP contribution is -2.06. The third-order valence-corrected chi connectivity index (χ3v) is 6.39. The Morgan fingerprint density at radius 2 is 1.50 bits per heavy atom. The number of ether oxygens (including phenoxy) is 3. The van der Waals surface area contributed by atoms with Gasteiger partial charge in [0.25, 0.3) is 0 Å². The van der Waals surface area contributed by atoms with E-state index in [1.807, 2.05) is 30.3 Å². The molecule has 1 saturated carbocycles. The van der Waals surface area contributed by atoms with E-state index in [0.717, 1.165) is 33.2 Å². The fourth-order valence-corrected chi connectivity index (χ4v) is 4.49. The predicted molar refractivity (Wildman–Crippen MR) is 131 cm³/mol. The Balaban J connectivity index is 1.49. The van der Waals surface area contributed by atoms with Crippen molar-refractivity contribution in [2.75, 3.05) is 20.3 Å². The Morgan fingerprint density at radius 1 is 0.781 bits per heavy atom. The van der Waals surface area contributed by atoms with Crippen molar-refractivity contribution in [2.45, 2.75) is 44.6 Å². The smallest absolute Gasteiger partial charge is 0.119 e. The molecule has 0 aliphatic heterocycles. The Kier molecular flexibility index (Phi) is 8.08. The summed E-state index contributed by atoms with van der Waals surface area (Å²) in [6.45, 7) is 1.53. The van der Waals surface area contributed by atoms with Gasteiger partial charge in [-0.05, 0) is 71.8 Å². The van der Waals surface area contributed by atoms with E-state index in [4.69, 9.17) is 25.8 Å². The van der Waals surface area contributed by atoms with E-state index in [2.05, 4.69) is 36.4 Å². The molecule has 0 amide bonds. The van der Waals surface area contributed by atoms with Crippen molar-refractivity contribution in [3.05, 3.63) is 82.9 Å². The first kappa shape index (κ1) is 22.7. The van der Waals surface area contributed by atoms with Crippen molar-refractivity contribution in [3.63, 3.8) is 0 Å². The molecule has 0 radical (unpaired) electrons. The summed E-state index contributed by atoms with van der Waals surface area (Å²) in [5.41, 5.74) is 4.72. The lowest BCUT2D eigenvalue weighted by atomic mass is 9.84. The van der Waals surface area contributed by atoms with E-state index in [9.17, 15) is 0 Å². The maximum absolute atomic E-state index is 6.19. The normalized spacial score (nSPS) is 14.3. The molecular weight excluding hydrogens is 420 g/mol. The fraction of sp³-hybridized carbons (Fsp3) is 0.357. The molecule has 0 heterocycles. The molecule has 1 aliphatic carbocycles. The molecule has 0 atom stereocenters. The first-order chi connectivity index (χ1) is 15.7. The Morgan fingerprint density at radius 3 is 2.22 bits per heavy atom. The minimum Gasteiger partial charge on any atom is -0.491 e. The van der Waals surface area contributed by atoms with Crippen molar-refractivity contribution in [1.82, 2.24) is 0 Å². The van der Waals surface area contributed by atoms with Crippen LogP contribution in [-0.4, -0.2) is 20.3 Å². The van der Waals surface area contributed by atoms with Crippen molar-refractivity contribution in [3.8, 4) is 22.6 Å². The first-order valence-electron chi connectivity index (χ1n) is 11.5. The van der Waals surface area contributed by atoms with Gasteiger partial charge in [-0.15, -0.1) is 0 Å². The van der Waals surface area contributed by atoms with Crippen LogP contribution in [0.5, 0.6) is 11.5 Å². The molecule has 1 fully saturated rings. The molecule has 3 aromatic carbocycles. The predicted octanol–water partition coefficient (Wildman–Crippen LogP) is 7.66. The largest absolute Gasteiger partial charge is 0.491 e. The Hall–Kier alpha value is -2.49. The number of hydrogen-bond acceptors (Lipinski definition) is 3. The highest BCUT2D eigenvalue weighted by Gasteiger charge is 2.15. The average Bonchev–Trinajstić information content (AvgIpc) is 2.84. The highest BCUT2D eigenvalue weighted by atomic mass is 35.5. The van der Waals surface area contributed by atoms with Gasteiger partial charge in [-0.1, -0.05) is 61.2 Å². The van der Waals surface area contributed by atoms with Crippen LogP contribution in [-0.2, 0) is 11.3 Å². The Labute approximate surface area is 196 Å². The number of methoxy groups -OCH3 is 1. The summed E-state index contributed by atoms with van der Waals surface area (Å²) in [6.07, 6.45) is 6.68. The van der Waals surface area contributed by atoms with Crippen LogP contribution < -0.4 is 9.47 Å². The van der Waals surface area contributed by atoms with E-state index in [1.165, 1.54) is 37.7 Å². The number of benzene rings is 3. The molecule has 32 heavy (non-hydrogen) atoms. The fourth-order valence-electron chi connectivity index (χ4n) is 4.37. The van der Waals surface area contributed by atoms with Gasteiger partial charge in [-0.3, -0.25) is 0 Å². The van der Waals surface area contributed by atoms with Crippen molar-refractivity contribution in [2.24, 2.45) is 0 Å². The van der Waals surface area contributed by atoms with E-state index < -0.39 is 0 Å². The summed E-state index contributed by atoms with van der Waals surface area (Å²) >= 11 is 6.09. The summed E-state index contributed by atoms with van der Waals surface area (Å²) in [5.74, 6) is 2.40. The van der Waals surface area contributed by atoms with Gasteiger partial charge in [0.1, 0.15) is 24.7 Å². The lowest BCUT2D eigenvalue weighted by molar-refractivity contribution is 0.146. The van der Waals surface area contributed by atoms with Gasteiger partial charge in [0.2, 0.25) is 0 Å². The van der Waals surface area contributed by atoms with Gasteiger partial charge < -0.3 is 14.2 Å². The monoisotopic (exact) mass is 450 g/mol. The zero-order valence-corrected chi connectivity index (χ0v) is 19.4. The molecule has 0 spiro atoms. The molecule has 0 saturated heterocycles. The second-order valence-electron chi connectivity index (χ2n) is 8.36. The molecule has 1 aliphatic rings. The SMILES string of the molecule is COCCOc1ccc(-c2ccc(Cl)cc2)c(COc2ccc(C3CCCCC3)cc2)c1. The van der Waals surface area contributed by atoms with Crippen molar-refractivity contribution < 1.29 is 14.2 Å². The second-order valence-corrected chi connectivity index (χ2v) is 8.80. The highest BCUT2D eigenvalue weighted by molar-refractivity contribution is 6.30. The summed E-state index contributed by atoms with van der Waals surface area (Å²) < 4.78 is 17.1. The third kappa shape index (κ3) is 6.05. The van der Waals surface area contributed by atoms with E-state index in [1.54, 1.807) is 7.11 Å². The number of halogens is 1. The van der Waals surface area contributed by atoms with Gasteiger partial charge in [-0.2, -0.15) is 0 Å². The molecule has 3 nitrogen and oxygen atoms in total. The van der Waals surface area contributed by atoms with Crippen LogP contribution in [0.4, 0.5) is 0 Å². The molecule has 168 valence electrons. The number of hydrogen-bond donors (Lipinski definition) is 0. The molecule has 4 heteroatoms. The van der Waals surface area contributed by atoms with Crippen LogP contribution >= 0.6 is 11.6 Å². The van der Waals surface area contributed by atoms with Crippen LogP contribution in [0.1, 0.15) is 49.1 Å². The van der Waals surface area contributed by atoms with Gasteiger partial charge in [0.05, 0.1) is 6.61 Å². The standard InChI is InChI=1S/C28H31ClO3/c1-30-17-18-31-27-15-16-28(23-7-11-25(29)12-8-23)24(19-27)20-32-26-13-9-22(10-14-26)21-5-3-2-4-6-21/h7-16,19,21H,2-6,17-18,20H2,1H3. The van der Waals surface area contributed by atoms with E-state index >= 15 is 0 Å². The maximum atomic E-state index is 6.19. The number of rotatable bonds is 9. The molecule has 4 rings (SSSR count). The molecule has 3 aromatic rings. The van der Waals surface area contributed by atoms with E-state index in [0.29, 0.717) is 25.7 Å². The first-order valence-corrected chi connectivity index (χ1v) is 11.8. The molecule has 0 bridgehead atoms. The summed E-state index contributed by atoms with van der Waals surface area (Å²) in [6, 6.07) is 22.7. The van der Waals surface area contributed by atoms with Crippen molar-refractivity contribution in [1.29, 1.82) is 0 Å². The van der Waals surface area contributed by atoms with Gasteiger partial charge in [0, 0.05) is 17.7 Å². The summed E-state index contributed by atoms with van der Waals surface area (Å²) in [7, 11) is 1.67. The Bertz CT molecular complexity index is 977. The lowest BCUT2D eigenvalue weighted by Gasteiger charge is -2.22. The zero-order chi connectivity index (χ0) is 22.2. The molecule has 0 unspecified atom stereocenters. The van der Waals surface area contributed by atoms with Crippen molar-refractivity contribution >= 4 is 11.6 Å². The molecular formula is C28H31ClO3. The van der Waals surface area contributed by atoms with Crippen LogP contribution in [0.15, 0.2) is 66.7 Å². The molecule has 0 aromatic heterocycles. The summed E-state index contributed by atoms with van der Waals surface area (Å²) in [5, 5.41) is 0.726. The van der Waals surface area contributed by atoms with Crippen LogP contribution in [0.25, 0.3) is 11.1 Å². The van der Waals surface area contributed by atoms with Crippen LogP contribution in [0.3, 0.4) is 0 Å².